The van der Waals surface area contributed by atoms with E-state index in [4.69, 9.17) is 16.3 Å². The van der Waals surface area contributed by atoms with Crippen molar-refractivity contribution in [1.29, 1.82) is 0 Å². The maximum atomic E-state index is 13.7. The van der Waals surface area contributed by atoms with Crippen LogP contribution in [0.4, 0.5) is 0 Å². The number of nitrogens with one attached hydrogen (secondary N) is 1. The molecule has 1 N–H and O–H groups in total. The van der Waals surface area contributed by atoms with Crippen LogP contribution in [0.2, 0.25) is 5.02 Å². The lowest BCUT2D eigenvalue weighted by Crippen LogP contribution is -2.53. The summed E-state index contributed by atoms with van der Waals surface area (Å²) in [7, 11) is 0. The molecule has 0 heterocycles. The summed E-state index contributed by atoms with van der Waals surface area (Å²) in [4.78, 5) is 28.8. The summed E-state index contributed by atoms with van der Waals surface area (Å²) in [5, 5.41) is 3.69. The molecule has 0 unspecified atom stereocenters. The predicted octanol–water partition coefficient (Wildman–Crippen LogP) is 6.60. The van der Waals surface area contributed by atoms with Gasteiger partial charge in [-0.2, -0.15) is 0 Å². The van der Waals surface area contributed by atoms with Crippen molar-refractivity contribution >= 4 is 39.3 Å². The van der Waals surface area contributed by atoms with Gasteiger partial charge in [0.25, 0.3) is 5.91 Å². The molecular weight excluding hydrogens is 552 g/mol. The molecule has 2 amide bonds. The van der Waals surface area contributed by atoms with Crippen LogP contribution in [0.5, 0.6) is 5.75 Å². The second kappa shape index (κ2) is 14.2. The van der Waals surface area contributed by atoms with Gasteiger partial charge in [-0.1, -0.05) is 74.0 Å². The number of carbonyl (C=O) groups is 2. The van der Waals surface area contributed by atoms with E-state index in [0.29, 0.717) is 17.2 Å². The Balaban J connectivity index is 1.91. The fourth-order valence-electron chi connectivity index (χ4n) is 3.89. The summed E-state index contributed by atoms with van der Waals surface area (Å²) >= 11 is 9.63. The standard InChI is InChI=1S/C30H34BrClN2O3/c1-4-21(3)33-30(36)27(18-23-9-7-6-8-10-23)34(19-24-11-14-25(32)15-12-24)29(35)20-37-28-16-13-22(5-2)17-26(28)31/h6-17,21,27H,4-5,18-20H2,1-3H3,(H,33,36)/t21-,27+/m0/s1. The van der Waals surface area contributed by atoms with Gasteiger partial charge in [0, 0.05) is 24.0 Å². The predicted molar refractivity (Wildman–Crippen MR) is 153 cm³/mol. The molecule has 0 saturated heterocycles. The molecule has 0 aromatic heterocycles. The molecule has 37 heavy (non-hydrogen) atoms. The number of ether oxygens (including phenoxy) is 1. The quantitative estimate of drug-likeness (QED) is 0.261. The summed E-state index contributed by atoms with van der Waals surface area (Å²) in [5.74, 6) is 0.122. The van der Waals surface area contributed by atoms with E-state index >= 15 is 0 Å². The first-order chi connectivity index (χ1) is 17.8. The molecule has 3 rings (SSSR count). The Hall–Kier alpha value is -2.83. The van der Waals surface area contributed by atoms with Crippen molar-refractivity contribution in [3.63, 3.8) is 0 Å². The van der Waals surface area contributed by atoms with Gasteiger partial charge in [-0.3, -0.25) is 9.59 Å². The molecule has 0 aliphatic carbocycles. The van der Waals surface area contributed by atoms with Crippen molar-refractivity contribution in [2.75, 3.05) is 6.61 Å². The van der Waals surface area contributed by atoms with Gasteiger partial charge < -0.3 is 15.0 Å². The monoisotopic (exact) mass is 584 g/mol. The number of amides is 2. The lowest BCUT2D eigenvalue weighted by molar-refractivity contribution is -0.143. The molecule has 2 atom stereocenters. The number of halogens is 2. The summed E-state index contributed by atoms with van der Waals surface area (Å²) in [6.45, 7) is 6.12. The first-order valence-corrected chi connectivity index (χ1v) is 13.8. The lowest BCUT2D eigenvalue weighted by Gasteiger charge is -2.32. The minimum Gasteiger partial charge on any atom is -0.483 e. The molecule has 0 fully saturated rings. The molecule has 0 aliphatic rings. The van der Waals surface area contributed by atoms with Crippen LogP contribution < -0.4 is 10.1 Å². The number of hydrogen-bond acceptors (Lipinski definition) is 3. The van der Waals surface area contributed by atoms with Crippen molar-refractivity contribution in [3.8, 4) is 5.75 Å². The van der Waals surface area contributed by atoms with Crippen LogP contribution in [-0.2, 0) is 29.0 Å². The zero-order chi connectivity index (χ0) is 26.8. The fraction of sp³-hybridized carbons (Fsp3) is 0.333. The van der Waals surface area contributed by atoms with E-state index < -0.39 is 6.04 Å². The van der Waals surface area contributed by atoms with Gasteiger partial charge in [-0.25, -0.2) is 0 Å². The van der Waals surface area contributed by atoms with Gasteiger partial charge in [-0.05, 0) is 76.7 Å². The molecule has 0 spiro atoms. The van der Waals surface area contributed by atoms with E-state index in [1.807, 2.05) is 74.5 Å². The Kier molecular flexibility index (Phi) is 11.0. The summed E-state index contributed by atoms with van der Waals surface area (Å²) < 4.78 is 6.72. The van der Waals surface area contributed by atoms with Gasteiger partial charge in [0.05, 0.1) is 4.47 Å². The Morgan fingerprint density at radius 1 is 0.973 bits per heavy atom. The van der Waals surface area contributed by atoms with E-state index in [2.05, 4.69) is 28.2 Å². The third-order valence-corrected chi connectivity index (χ3v) is 7.17. The zero-order valence-corrected chi connectivity index (χ0v) is 23.9. The second-order valence-electron chi connectivity index (χ2n) is 9.08. The minimum atomic E-state index is -0.714. The van der Waals surface area contributed by atoms with Crippen LogP contribution in [0, 0.1) is 0 Å². The highest BCUT2D eigenvalue weighted by atomic mass is 79.9. The normalized spacial score (nSPS) is 12.5. The topological polar surface area (TPSA) is 58.6 Å². The molecule has 0 radical (unpaired) electrons. The number of nitrogens with zero attached hydrogens (tertiary/aromatic N) is 1. The second-order valence-corrected chi connectivity index (χ2v) is 10.4. The van der Waals surface area contributed by atoms with Crippen LogP contribution in [-0.4, -0.2) is 35.4 Å². The van der Waals surface area contributed by atoms with Crippen molar-refractivity contribution < 1.29 is 14.3 Å². The third kappa shape index (κ3) is 8.61. The molecule has 7 heteroatoms. The van der Waals surface area contributed by atoms with Gasteiger partial charge in [0.2, 0.25) is 5.91 Å². The molecule has 196 valence electrons. The van der Waals surface area contributed by atoms with Gasteiger partial charge in [0.15, 0.2) is 6.61 Å². The highest BCUT2D eigenvalue weighted by Crippen LogP contribution is 2.26. The number of carbonyl (C=O) groups excluding carboxylic acids is 2. The molecule has 3 aromatic carbocycles. The number of benzene rings is 3. The molecule has 0 saturated carbocycles. The Morgan fingerprint density at radius 2 is 1.65 bits per heavy atom. The van der Waals surface area contributed by atoms with Gasteiger partial charge in [-0.15, -0.1) is 0 Å². The Morgan fingerprint density at radius 3 is 2.27 bits per heavy atom. The first kappa shape index (κ1) is 28.7. The molecule has 5 nitrogen and oxygen atoms in total. The maximum Gasteiger partial charge on any atom is 0.261 e. The highest BCUT2D eigenvalue weighted by Gasteiger charge is 2.31. The van der Waals surface area contributed by atoms with E-state index in [0.717, 1.165) is 28.4 Å². The summed E-state index contributed by atoms with van der Waals surface area (Å²) in [5.41, 5.74) is 3.01. The first-order valence-electron chi connectivity index (χ1n) is 12.6. The van der Waals surface area contributed by atoms with Crippen LogP contribution in [0.25, 0.3) is 0 Å². The van der Waals surface area contributed by atoms with E-state index in [1.54, 1.807) is 17.0 Å². The average molecular weight is 586 g/mol. The third-order valence-electron chi connectivity index (χ3n) is 6.29. The maximum absolute atomic E-state index is 13.7. The Bertz CT molecular complexity index is 1170. The highest BCUT2D eigenvalue weighted by molar-refractivity contribution is 9.10. The van der Waals surface area contributed by atoms with Crippen LogP contribution in [0.1, 0.15) is 43.9 Å². The largest absolute Gasteiger partial charge is 0.483 e. The zero-order valence-electron chi connectivity index (χ0n) is 21.5. The summed E-state index contributed by atoms with van der Waals surface area (Å²) in [6.07, 6.45) is 2.08. The molecule has 0 bridgehead atoms. The fourth-order valence-corrected chi connectivity index (χ4v) is 4.55. The van der Waals surface area contributed by atoms with E-state index in [1.165, 1.54) is 5.56 Å². The van der Waals surface area contributed by atoms with E-state index in [9.17, 15) is 9.59 Å². The number of hydrogen-bond donors (Lipinski definition) is 1. The van der Waals surface area contributed by atoms with Crippen molar-refractivity contribution in [2.45, 2.75) is 58.7 Å². The van der Waals surface area contributed by atoms with E-state index in [-0.39, 0.29) is 31.0 Å². The Labute approximate surface area is 233 Å². The number of rotatable bonds is 12. The molecule has 3 aromatic rings. The van der Waals surface area contributed by atoms with Crippen molar-refractivity contribution in [1.82, 2.24) is 10.2 Å². The van der Waals surface area contributed by atoms with Gasteiger partial charge >= 0.3 is 0 Å². The minimum absolute atomic E-state index is 0.0115. The van der Waals surface area contributed by atoms with Crippen LogP contribution in [0.3, 0.4) is 0 Å². The SMILES string of the molecule is CCc1ccc(OCC(=O)N(Cc2ccc(Cl)cc2)[C@H](Cc2ccccc2)C(=O)N[C@@H](C)CC)c(Br)c1. The van der Waals surface area contributed by atoms with Crippen LogP contribution in [0.15, 0.2) is 77.3 Å². The lowest BCUT2D eigenvalue weighted by atomic mass is 10.0. The number of aryl methyl sites for hydroxylation is 1. The smallest absolute Gasteiger partial charge is 0.261 e. The molecular formula is C30H34BrClN2O3. The average Bonchev–Trinajstić information content (AvgIpc) is 2.91. The molecule has 0 aliphatic heterocycles. The van der Waals surface area contributed by atoms with Crippen LogP contribution >= 0.6 is 27.5 Å². The summed E-state index contributed by atoms with van der Waals surface area (Å²) in [6, 6.07) is 22.2. The van der Waals surface area contributed by atoms with Gasteiger partial charge in [0.1, 0.15) is 11.8 Å². The van der Waals surface area contributed by atoms with Crippen molar-refractivity contribution in [2.24, 2.45) is 0 Å². The van der Waals surface area contributed by atoms with Crippen molar-refractivity contribution in [3.05, 3.63) is 99.0 Å².